The van der Waals surface area contributed by atoms with Crippen molar-refractivity contribution >= 4 is 5.91 Å². The van der Waals surface area contributed by atoms with E-state index in [9.17, 15) is 9.90 Å². The van der Waals surface area contributed by atoms with Crippen LogP contribution < -0.4 is 0 Å². The number of phenols is 1. The number of amides is 1. The Kier molecular flexibility index (Phi) is 3.88. The molecular formula is C17H21N3O2. The molecule has 0 unspecified atom stereocenters. The SMILES string of the molecule is Cc1c(C(=O)N2CCC(c3ccc(O)cc3)CC2)cnn1C. The van der Waals surface area contributed by atoms with Crippen LogP contribution in [0.1, 0.15) is 40.4 Å². The molecule has 1 fully saturated rings. The first-order valence-electron chi connectivity index (χ1n) is 7.63. The first kappa shape index (κ1) is 14.6. The monoisotopic (exact) mass is 299 g/mol. The summed E-state index contributed by atoms with van der Waals surface area (Å²) in [7, 11) is 1.85. The summed E-state index contributed by atoms with van der Waals surface area (Å²) in [6, 6.07) is 7.41. The second-order valence-corrected chi connectivity index (χ2v) is 5.93. The number of carbonyl (C=O) groups excluding carboxylic acids is 1. The smallest absolute Gasteiger partial charge is 0.257 e. The van der Waals surface area contributed by atoms with Gasteiger partial charge in [0.25, 0.3) is 5.91 Å². The Labute approximate surface area is 130 Å². The topological polar surface area (TPSA) is 58.4 Å². The molecule has 0 spiro atoms. The number of aryl methyl sites for hydroxylation is 1. The van der Waals surface area contributed by atoms with Gasteiger partial charge in [-0.1, -0.05) is 12.1 Å². The standard InChI is InChI=1S/C17H21N3O2/c1-12-16(11-18-19(12)2)17(22)20-9-7-14(8-10-20)13-3-5-15(21)6-4-13/h3-6,11,14,21H,7-10H2,1-2H3. The lowest BCUT2D eigenvalue weighted by atomic mass is 9.89. The van der Waals surface area contributed by atoms with Gasteiger partial charge in [0.15, 0.2) is 0 Å². The summed E-state index contributed by atoms with van der Waals surface area (Å²) in [6.45, 7) is 3.45. The lowest BCUT2D eigenvalue weighted by molar-refractivity contribution is 0.0712. The van der Waals surface area contributed by atoms with Crippen LogP contribution in [0.5, 0.6) is 5.75 Å². The largest absolute Gasteiger partial charge is 0.508 e. The van der Waals surface area contributed by atoms with Gasteiger partial charge in [0.05, 0.1) is 11.8 Å². The van der Waals surface area contributed by atoms with E-state index >= 15 is 0 Å². The van der Waals surface area contributed by atoms with Crippen LogP contribution in [0, 0.1) is 6.92 Å². The Morgan fingerprint density at radius 3 is 2.41 bits per heavy atom. The number of nitrogens with zero attached hydrogens (tertiary/aromatic N) is 3. The molecule has 1 aromatic heterocycles. The summed E-state index contributed by atoms with van der Waals surface area (Å²) in [4.78, 5) is 14.5. The average molecular weight is 299 g/mol. The van der Waals surface area contributed by atoms with Crippen LogP contribution in [0.15, 0.2) is 30.5 Å². The highest BCUT2D eigenvalue weighted by Gasteiger charge is 2.26. The molecule has 116 valence electrons. The van der Waals surface area contributed by atoms with Crippen LogP contribution in [0.25, 0.3) is 0 Å². The minimum absolute atomic E-state index is 0.0785. The number of hydrogen-bond donors (Lipinski definition) is 1. The van der Waals surface area contributed by atoms with E-state index in [4.69, 9.17) is 0 Å². The van der Waals surface area contributed by atoms with Crippen molar-refractivity contribution in [2.75, 3.05) is 13.1 Å². The van der Waals surface area contributed by atoms with Gasteiger partial charge in [0.1, 0.15) is 5.75 Å². The van der Waals surface area contributed by atoms with Gasteiger partial charge < -0.3 is 10.0 Å². The third-order valence-corrected chi connectivity index (χ3v) is 4.61. The number of piperidine rings is 1. The van der Waals surface area contributed by atoms with Crippen molar-refractivity contribution in [3.8, 4) is 5.75 Å². The Balaban J connectivity index is 1.65. The number of aromatic hydroxyl groups is 1. The van der Waals surface area contributed by atoms with E-state index < -0.39 is 0 Å². The second kappa shape index (κ2) is 5.83. The number of hydrogen-bond acceptors (Lipinski definition) is 3. The van der Waals surface area contributed by atoms with Crippen molar-refractivity contribution in [1.29, 1.82) is 0 Å². The van der Waals surface area contributed by atoms with Crippen molar-refractivity contribution < 1.29 is 9.90 Å². The molecule has 0 atom stereocenters. The van der Waals surface area contributed by atoms with Gasteiger partial charge in [-0.3, -0.25) is 9.48 Å². The molecule has 22 heavy (non-hydrogen) atoms. The summed E-state index contributed by atoms with van der Waals surface area (Å²) in [5, 5.41) is 13.5. The van der Waals surface area contributed by atoms with E-state index in [0.29, 0.717) is 17.2 Å². The molecule has 5 heteroatoms. The zero-order chi connectivity index (χ0) is 15.7. The van der Waals surface area contributed by atoms with Gasteiger partial charge in [-0.15, -0.1) is 0 Å². The van der Waals surface area contributed by atoms with E-state index in [1.165, 1.54) is 5.56 Å². The summed E-state index contributed by atoms with van der Waals surface area (Å²) >= 11 is 0. The molecule has 1 saturated heterocycles. The van der Waals surface area contributed by atoms with E-state index in [2.05, 4.69) is 5.10 Å². The maximum Gasteiger partial charge on any atom is 0.257 e. The fraction of sp³-hybridized carbons (Fsp3) is 0.412. The van der Waals surface area contributed by atoms with Crippen molar-refractivity contribution in [3.63, 3.8) is 0 Å². The van der Waals surface area contributed by atoms with Crippen LogP contribution in [0.2, 0.25) is 0 Å². The first-order chi connectivity index (χ1) is 10.6. The minimum Gasteiger partial charge on any atom is -0.508 e. The molecule has 0 saturated carbocycles. The molecule has 1 aliphatic rings. The van der Waals surface area contributed by atoms with E-state index in [1.807, 2.05) is 31.0 Å². The fourth-order valence-electron chi connectivity index (χ4n) is 3.04. The van der Waals surface area contributed by atoms with Crippen LogP contribution in [0.3, 0.4) is 0 Å². The fourth-order valence-corrected chi connectivity index (χ4v) is 3.04. The highest BCUT2D eigenvalue weighted by Crippen LogP contribution is 2.29. The molecule has 0 aliphatic carbocycles. The molecule has 2 aromatic rings. The Morgan fingerprint density at radius 1 is 1.23 bits per heavy atom. The summed E-state index contributed by atoms with van der Waals surface area (Å²) in [5.74, 6) is 0.831. The molecule has 3 rings (SSSR count). The Morgan fingerprint density at radius 2 is 1.86 bits per heavy atom. The Bertz CT molecular complexity index is 668. The van der Waals surface area contributed by atoms with Crippen LogP contribution in [0.4, 0.5) is 0 Å². The average Bonchev–Trinajstić information content (AvgIpc) is 2.87. The molecule has 1 amide bonds. The maximum absolute atomic E-state index is 12.6. The summed E-state index contributed by atoms with van der Waals surface area (Å²) < 4.78 is 1.73. The predicted molar refractivity (Wildman–Crippen MR) is 83.9 cm³/mol. The molecule has 1 aromatic carbocycles. The molecule has 2 heterocycles. The van der Waals surface area contributed by atoms with Gasteiger partial charge in [0, 0.05) is 25.8 Å². The molecule has 1 aliphatic heterocycles. The zero-order valence-electron chi connectivity index (χ0n) is 13.0. The van der Waals surface area contributed by atoms with E-state index in [1.54, 1.807) is 23.0 Å². The quantitative estimate of drug-likeness (QED) is 0.926. The summed E-state index contributed by atoms with van der Waals surface area (Å²) in [5.41, 5.74) is 2.85. The van der Waals surface area contributed by atoms with Gasteiger partial charge in [-0.25, -0.2) is 0 Å². The van der Waals surface area contributed by atoms with Crippen LogP contribution >= 0.6 is 0 Å². The third kappa shape index (κ3) is 2.71. The molecule has 0 radical (unpaired) electrons. The number of benzene rings is 1. The second-order valence-electron chi connectivity index (χ2n) is 5.93. The normalized spacial score (nSPS) is 16.0. The van der Waals surface area contributed by atoms with E-state index in [0.717, 1.165) is 31.6 Å². The predicted octanol–water partition coefficient (Wildman–Crippen LogP) is 2.45. The highest BCUT2D eigenvalue weighted by atomic mass is 16.3. The van der Waals surface area contributed by atoms with Gasteiger partial charge in [-0.05, 0) is 43.4 Å². The lowest BCUT2D eigenvalue weighted by Crippen LogP contribution is -2.38. The Hall–Kier alpha value is -2.30. The molecule has 5 nitrogen and oxygen atoms in total. The number of rotatable bonds is 2. The lowest BCUT2D eigenvalue weighted by Gasteiger charge is -2.32. The van der Waals surface area contributed by atoms with E-state index in [-0.39, 0.29) is 5.91 Å². The maximum atomic E-state index is 12.6. The highest BCUT2D eigenvalue weighted by molar-refractivity contribution is 5.95. The van der Waals surface area contributed by atoms with Crippen molar-refractivity contribution in [2.24, 2.45) is 7.05 Å². The van der Waals surface area contributed by atoms with Crippen molar-refractivity contribution in [2.45, 2.75) is 25.7 Å². The first-order valence-corrected chi connectivity index (χ1v) is 7.63. The van der Waals surface area contributed by atoms with Gasteiger partial charge in [0.2, 0.25) is 0 Å². The molecule has 1 N–H and O–H groups in total. The number of likely N-dealkylation sites (tertiary alicyclic amines) is 1. The zero-order valence-corrected chi connectivity index (χ0v) is 13.0. The molecular weight excluding hydrogens is 278 g/mol. The number of aromatic nitrogens is 2. The van der Waals surface area contributed by atoms with Crippen molar-refractivity contribution in [3.05, 3.63) is 47.3 Å². The molecule has 0 bridgehead atoms. The van der Waals surface area contributed by atoms with Crippen LogP contribution in [-0.2, 0) is 7.05 Å². The van der Waals surface area contributed by atoms with Crippen molar-refractivity contribution in [1.82, 2.24) is 14.7 Å². The third-order valence-electron chi connectivity index (χ3n) is 4.61. The van der Waals surface area contributed by atoms with Crippen LogP contribution in [-0.4, -0.2) is 38.8 Å². The van der Waals surface area contributed by atoms with Gasteiger partial charge >= 0.3 is 0 Å². The number of phenolic OH excluding ortho intramolecular Hbond substituents is 1. The van der Waals surface area contributed by atoms with Gasteiger partial charge in [-0.2, -0.15) is 5.10 Å². The minimum atomic E-state index is 0.0785. The number of carbonyl (C=O) groups is 1. The summed E-state index contributed by atoms with van der Waals surface area (Å²) in [6.07, 6.45) is 3.56.